The van der Waals surface area contributed by atoms with Crippen LogP contribution in [-0.2, 0) is 5.54 Å². The lowest BCUT2D eigenvalue weighted by Gasteiger charge is -2.19. The molecular formula is C10H15N3. The highest BCUT2D eigenvalue weighted by atomic mass is 15.1. The Balaban J connectivity index is 2.16. The van der Waals surface area contributed by atoms with E-state index in [1.165, 1.54) is 12.8 Å². The second kappa shape index (κ2) is 3.07. The van der Waals surface area contributed by atoms with Crippen molar-refractivity contribution >= 4 is 0 Å². The largest absolute Gasteiger partial charge is 0.304 e. The van der Waals surface area contributed by atoms with Crippen LogP contribution in [0, 0.1) is 0 Å². The fourth-order valence-corrected chi connectivity index (χ4v) is 1.73. The average molecular weight is 177 g/mol. The Morgan fingerprint density at radius 2 is 2.23 bits per heavy atom. The summed E-state index contributed by atoms with van der Waals surface area (Å²) in [6.45, 7) is 4.34. The van der Waals surface area contributed by atoms with Crippen LogP contribution in [0.25, 0.3) is 0 Å². The monoisotopic (exact) mass is 177 g/mol. The quantitative estimate of drug-likeness (QED) is 0.759. The van der Waals surface area contributed by atoms with Crippen molar-refractivity contribution in [2.75, 3.05) is 0 Å². The Hall–Kier alpha value is -0.960. The Labute approximate surface area is 78.6 Å². The minimum atomic E-state index is 0.164. The molecular weight excluding hydrogens is 162 g/mol. The van der Waals surface area contributed by atoms with Crippen LogP contribution < -0.4 is 5.32 Å². The van der Waals surface area contributed by atoms with Crippen LogP contribution in [0.15, 0.2) is 18.6 Å². The molecule has 3 nitrogen and oxygen atoms in total. The van der Waals surface area contributed by atoms with Crippen LogP contribution in [0.4, 0.5) is 0 Å². The molecule has 1 aromatic rings. The van der Waals surface area contributed by atoms with Crippen LogP contribution in [0.5, 0.6) is 0 Å². The third-order valence-corrected chi connectivity index (χ3v) is 2.39. The van der Waals surface area contributed by atoms with E-state index in [1.807, 2.05) is 12.3 Å². The van der Waals surface area contributed by atoms with Gasteiger partial charge in [0.15, 0.2) is 0 Å². The molecule has 1 saturated carbocycles. The lowest BCUT2D eigenvalue weighted by atomic mass is 10.1. The van der Waals surface area contributed by atoms with Crippen LogP contribution in [0.2, 0.25) is 0 Å². The molecule has 3 heteroatoms. The zero-order chi connectivity index (χ0) is 9.31. The average Bonchev–Trinajstić information content (AvgIpc) is 2.86. The van der Waals surface area contributed by atoms with Crippen LogP contribution in [0.1, 0.15) is 32.4 Å². The fraction of sp³-hybridized carbons (Fsp3) is 0.600. The van der Waals surface area contributed by atoms with Gasteiger partial charge in [-0.05, 0) is 32.8 Å². The van der Waals surface area contributed by atoms with Crippen molar-refractivity contribution in [1.29, 1.82) is 0 Å². The van der Waals surface area contributed by atoms with Gasteiger partial charge in [0.1, 0.15) is 6.33 Å². The molecule has 0 spiro atoms. The first-order chi connectivity index (χ1) is 6.23. The number of rotatable bonds is 3. The summed E-state index contributed by atoms with van der Waals surface area (Å²) in [4.78, 5) is 8.22. The van der Waals surface area contributed by atoms with Crippen LogP contribution >= 0.6 is 0 Å². The van der Waals surface area contributed by atoms with Gasteiger partial charge in [0.05, 0.1) is 11.2 Å². The van der Waals surface area contributed by atoms with E-state index in [4.69, 9.17) is 0 Å². The zero-order valence-corrected chi connectivity index (χ0v) is 8.12. The van der Waals surface area contributed by atoms with Crippen molar-refractivity contribution in [2.45, 2.75) is 38.3 Å². The van der Waals surface area contributed by atoms with E-state index >= 15 is 0 Å². The molecule has 2 rings (SSSR count). The second-order valence-electron chi connectivity index (χ2n) is 3.98. The molecule has 0 radical (unpaired) electrons. The zero-order valence-electron chi connectivity index (χ0n) is 8.12. The minimum Gasteiger partial charge on any atom is -0.304 e. The molecule has 0 saturated heterocycles. The summed E-state index contributed by atoms with van der Waals surface area (Å²) in [7, 11) is 0. The molecule has 13 heavy (non-hydrogen) atoms. The highest BCUT2D eigenvalue weighted by molar-refractivity contribution is 5.21. The van der Waals surface area contributed by atoms with Crippen molar-refractivity contribution in [3.05, 3.63) is 24.3 Å². The molecule has 0 unspecified atom stereocenters. The molecule has 1 N–H and O–H groups in total. The third-order valence-electron chi connectivity index (χ3n) is 2.39. The van der Waals surface area contributed by atoms with Crippen molar-refractivity contribution in [2.24, 2.45) is 0 Å². The van der Waals surface area contributed by atoms with Crippen LogP contribution in [-0.4, -0.2) is 16.0 Å². The summed E-state index contributed by atoms with van der Waals surface area (Å²) in [5.74, 6) is 0. The van der Waals surface area contributed by atoms with E-state index in [0.717, 1.165) is 5.69 Å². The van der Waals surface area contributed by atoms with Crippen LogP contribution in [0.3, 0.4) is 0 Å². The Kier molecular flexibility index (Phi) is 2.04. The molecule has 70 valence electrons. The molecule has 1 aliphatic rings. The van der Waals surface area contributed by atoms with Gasteiger partial charge in [-0.3, -0.25) is 0 Å². The molecule has 0 bridgehead atoms. The van der Waals surface area contributed by atoms with Crippen molar-refractivity contribution in [3.63, 3.8) is 0 Å². The molecule has 1 fully saturated rings. The Bertz CT molecular complexity index is 277. The predicted octanol–water partition coefficient (Wildman–Crippen LogP) is 1.46. The maximum absolute atomic E-state index is 4.29. The Morgan fingerprint density at radius 3 is 2.69 bits per heavy atom. The number of aromatic nitrogens is 2. The minimum absolute atomic E-state index is 0.164. The topological polar surface area (TPSA) is 37.8 Å². The van der Waals surface area contributed by atoms with Gasteiger partial charge < -0.3 is 5.32 Å². The molecule has 1 heterocycles. The lowest BCUT2D eigenvalue weighted by molar-refractivity contribution is 0.451. The first-order valence-electron chi connectivity index (χ1n) is 4.77. The van der Waals surface area contributed by atoms with Gasteiger partial charge in [0.2, 0.25) is 0 Å². The summed E-state index contributed by atoms with van der Waals surface area (Å²) >= 11 is 0. The first-order valence-corrected chi connectivity index (χ1v) is 4.77. The van der Waals surface area contributed by atoms with E-state index in [0.29, 0.717) is 6.04 Å². The first kappa shape index (κ1) is 8.63. The summed E-state index contributed by atoms with van der Waals surface area (Å²) in [5, 5.41) is 3.56. The maximum atomic E-state index is 4.29. The van der Waals surface area contributed by atoms with E-state index in [-0.39, 0.29) is 5.54 Å². The second-order valence-corrected chi connectivity index (χ2v) is 3.98. The van der Waals surface area contributed by atoms with Gasteiger partial charge in [0, 0.05) is 12.2 Å². The third kappa shape index (κ3) is 1.70. The lowest BCUT2D eigenvalue weighted by Crippen LogP contribution is -2.35. The SMILES string of the molecule is CC(C)NC1(c2ccncn2)CC1. The van der Waals surface area contributed by atoms with Gasteiger partial charge >= 0.3 is 0 Å². The molecule has 0 amide bonds. The van der Waals surface area contributed by atoms with Gasteiger partial charge in [-0.25, -0.2) is 9.97 Å². The van der Waals surface area contributed by atoms with Gasteiger partial charge in [-0.1, -0.05) is 0 Å². The molecule has 1 aliphatic carbocycles. The number of hydrogen-bond acceptors (Lipinski definition) is 3. The van der Waals surface area contributed by atoms with Crippen molar-refractivity contribution in [1.82, 2.24) is 15.3 Å². The highest BCUT2D eigenvalue weighted by Crippen LogP contribution is 2.44. The summed E-state index contributed by atoms with van der Waals surface area (Å²) in [5.41, 5.74) is 1.30. The van der Waals surface area contributed by atoms with E-state index < -0.39 is 0 Å². The van der Waals surface area contributed by atoms with Crippen molar-refractivity contribution in [3.8, 4) is 0 Å². The van der Waals surface area contributed by atoms with Gasteiger partial charge in [-0.15, -0.1) is 0 Å². The highest BCUT2D eigenvalue weighted by Gasteiger charge is 2.45. The smallest absolute Gasteiger partial charge is 0.115 e. The molecule has 0 aromatic carbocycles. The fourth-order valence-electron chi connectivity index (χ4n) is 1.73. The summed E-state index contributed by atoms with van der Waals surface area (Å²) in [6, 6.07) is 2.51. The predicted molar refractivity (Wildman–Crippen MR) is 51.2 cm³/mol. The summed E-state index contributed by atoms with van der Waals surface area (Å²) in [6.07, 6.45) is 5.83. The van der Waals surface area contributed by atoms with Gasteiger partial charge in [-0.2, -0.15) is 0 Å². The number of hydrogen-bond donors (Lipinski definition) is 1. The maximum Gasteiger partial charge on any atom is 0.115 e. The van der Waals surface area contributed by atoms with E-state index in [1.54, 1.807) is 6.33 Å². The summed E-state index contributed by atoms with van der Waals surface area (Å²) < 4.78 is 0. The van der Waals surface area contributed by atoms with E-state index in [9.17, 15) is 0 Å². The number of nitrogens with one attached hydrogen (secondary N) is 1. The van der Waals surface area contributed by atoms with E-state index in [2.05, 4.69) is 29.1 Å². The molecule has 0 aliphatic heterocycles. The molecule has 1 aromatic heterocycles. The standard InChI is InChI=1S/C10H15N3/c1-8(2)13-10(4-5-10)9-3-6-11-7-12-9/h3,6-8,13H,4-5H2,1-2H3. The van der Waals surface area contributed by atoms with Crippen molar-refractivity contribution < 1.29 is 0 Å². The number of nitrogens with zero attached hydrogens (tertiary/aromatic N) is 2. The normalized spacial score (nSPS) is 19.0. The Morgan fingerprint density at radius 1 is 1.46 bits per heavy atom. The molecule has 0 atom stereocenters. The van der Waals surface area contributed by atoms with Gasteiger partial charge in [0.25, 0.3) is 0 Å².